The average Bonchev–Trinajstić information content (AvgIpc) is 2.37. The second-order valence-electron chi connectivity index (χ2n) is 4.37. The lowest BCUT2D eigenvalue weighted by atomic mass is 10.1. The molecule has 0 amide bonds. The minimum absolute atomic E-state index is 0.150. The van der Waals surface area contributed by atoms with Crippen molar-refractivity contribution >= 4 is 23.3 Å². The molecule has 0 saturated heterocycles. The second kappa shape index (κ2) is 6.54. The normalized spacial score (nSPS) is 13.4. The number of hydrogen-bond donors (Lipinski definition) is 2. The topological polar surface area (TPSA) is 61.8 Å². The minimum Gasteiger partial charge on any atom is -0.409 e. The van der Waals surface area contributed by atoms with Gasteiger partial charge in [0, 0.05) is 24.4 Å². The van der Waals surface area contributed by atoms with Crippen LogP contribution in [0.1, 0.15) is 18.1 Å². The molecule has 0 spiro atoms. The van der Waals surface area contributed by atoms with Crippen molar-refractivity contribution in [2.45, 2.75) is 19.9 Å². The van der Waals surface area contributed by atoms with E-state index in [1.807, 2.05) is 32.2 Å². The van der Waals surface area contributed by atoms with E-state index >= 15 is 0 Å². The molecule has 4 nitrogen and oxygen atoms in total. The van der Waals surface area contributed by atoms with Crippen molar-refractivity contribution in [1.29, 1.82) is 0 Å². The second-order valence-corrected chi connectivity index (χ2v) is 5.28. The highest BCUT2D eigenvalue weighted by Gasteiger charge is 2.17. The molecule has 0 bridgehead atoms. The van der Waals surface area contributed by atoms with Gasteiger partial charge in [0.05, 0.1) is 5.69 Å². The van der Waals surface area contributed by atoms with E-state index in [2.05, 4.69) is 23.2 Å². The fourth-order valence-electron chi connectivity index (χ4n) is 1.96. The summed E-state index contributed by atoms with van der Waals surface area (Å²) in [6, 6.07) is 6.21. The molecule has 0 aliphatic carbocycles. The number of nitrogens with two attached hydrogens (primary N) is 1. The van der Waals surface area contributed by atoms with Gasteiger partial charge in [-0.25, -0.2) is 0 Å². The molecule has 0 radical (unpaired) electrons. The Hall–Kier alpha value is -1.36. The molecule has 18 heavy (non-hydrogen) atoms. The number of para-hydroxylation sites is 1. The quantitative estimate of drug-likeness (QED) is 0.372. The molecule has 1 atom stereocenters. The van der Waals surface area contributed by atoms with E-state index in [-0.39, 0.29) is 5.84 Å². The highest BCUT2D eigenvalue weighted by Crippen LogP contribution is 2.26. The number of oxime groups is 1. The van der Waals surface area contributed by atoms with E-state index < -0.39 is 0 Å². The summed E-state index contributed by atoms with van der Waals surface area (Å²) in [5.74, 6) is 1.18. The standard InChI is InChI=1S/C13H21N3OS/c1-9-6-5-7-11(13(14)15-17)12(9)16(3)10(2)8-18-4/h5-7,10,17H,8H2,1-4H3,(H2,14,15). The zero-order valence-corrected chi connectivity index (χ0v) is 12.2. The smallest absolute Gasteiger partial charge is 0.172 e. The van der Waals surface area contributed by atoms with Gasteiger partial charge in [-0.1, -0.05) is 17.3 Å². The number of rotatable bonds is 5. The van der Waals surface area contributed by atoms with Gasteiger partial charge in [0.15, 0.2) is 5.84 Å². The predicted octanol–water partition coefficient (Wildman–Crippen LogP) is 2.28. The maximum absolute atomic E-state index is 8.87. The van der Waals surface area contributed by atoms with Gasteiger partial charge in [-0.05, 0) is 31.7 Å². The Morgan fingerprint density at radius 3 is 2.78 bits per heavy atom. The van der Waals surface area contributed by atoms with Crippen LogP contribution in [0.2, 0.25) is 0 Å². The summed E-state index contributed by atoms with van der Waals surface area (Å²) in [6.45, 7) is 4.20. The van der Waals surface area contributed by atoms with Crippen molar-refractivity contribution in [3.05, 3.63) is 29.3 Å². The first-order valence-corrected chi connectivity index (χ1v) is 7.21. The Labute approximate surface area is 113 Å². The Morgan fingerprint density at radius 2 is 2.22 bits per heavy atom. The van der Waals surface area contributed by atoms with E-state index in [1.165, 1.54) is 0 Å². The lowest BCUT2D eigenvalue weighted by Crippen LogP contribution is -2.33. The summed E-state index contributed by atoms with van der Waals surface area (Å²) < 4.78 is 0. The van der Waals surface area contributed by atoms with Crippen molar-refractivity contribution in [3.63, 3.8) is 0 Å². The molecular formula is C13H21N3OS. The number of benzene rings is 1. The van der Waals surface area contributed by atoms with Gasteiger partial charge in [-0.15, -0.1) is 0 Å². The largest absolute Gasteiger partial charge is 0.409 e. The molecule has 5 heteroatoms. The number of hydrogen-bond acceptors (Lipinski definition) is 4. The van der Waals surface area contributed by atoms with Crippen LogP contribution in [0.15, 0.2) is 23.4 Å². The Kier molecular flexibility index (Phi) is 5.34. The molecule has 1 aromatic rings. The molecule has 1 rings (SSSR count). The van der Waals surface area contributed by atoms with Crippen molar-refractivity contribution in [2.75, 3.05) is 24.0 Å². The highest BCUT2D eigenvalue weighted by molar-refractivity contribution is 7.98. The Bertz CT molecular complexity index is 434. The molecular weight excluding hydrogens is 246 g/mol. The van der Waals surface area contributed by atoms with Crippen molar-refractivity contribution in [2.24, 2.45) is 10.9 Å². The van der Waals surface area contributed by atoms with Gasteiger partial charge in [-0.2, -0.15) is 11.8 Å². The van der Waals surface area contributed by atoms with Gasteiger partial charge >= 0.3 is 0 Å². The minimum atomic E-state index is 0.150. The van der Waals surface area contributed by atoms with Crippen LogP contribution < -0.4 is 10.6 Å². The zero-order chi connectivity index (χ0) is 13.7. The SMILES string of the molecule is CSCC(C)N(C)c1c(C)cccc1/C(N)=N/O. The molecule has 0 fully saturated rings. The molecule has 0 aliphatic heterocycles. The van der Waals surface area contributed by atoms with Gasteiger partial charge < -0.3 is 15.8 Å². The van der Waals surface area contributed by atoms with E-state index in [0.29, 0.717) is 6.04 Å². The molecule has 0 saturated carbocycles. The highest BCUT2D eigenvalue weighted by atomic mass is 32.2. The summed E-state index contributed by atoms with van der Waals surface area (Å²) >= 11 is 1.81. The summed E-state index contributed by atoms with van der Waals surface area (Å²) in [6.07, 6.45) is 2.09. The molecule has 1 aromatic carbocycles. The van der Waals surface area contributed by atoms with Crippen LogP contribution in [0.3, 0.4) is 0 Å². The summed E-state index contributed by atoms with van der Waals surface area (Å²) in [4.78, 5) is 2.18. The van der Waals surface area contributed by atoms with E-state index in [1.54, 1.807) is 11.8 Å². The van der Waals surface area contributed by atoms with Gasteiger partial charge in [-0.3, -0.25) is 0 Å². The maximum Gasteiger partial charge on any atom is 0.172 e. The van der Waals surface area contributed by atoms with Crippen LogP contribution in [0.25, 0.3) is 0 Å². The number of nitrogens with zero attached hydrogens (tertiary/aromatic N) is 2. The number of aryl methyl sites for hydroxylation is 1. The van der Waals surface area contributed by atoms with E-state index in [9.17, 15) is 0 Å². The van der Waals surface area contributed by atoms with Gasteiger partial charge in [0.2, 0.25) is 0 Å². The molecule has 0 aliphatic rings. The van der Waals surface area contributed by atoms with Gasteiger partial charge in [0.1, 0.15) is 0 Å². The van der Waals surface area contributed by atoms with Crippen LogP contribution in [-0.2, 0) is 0 Å². The van der Waals surface area contributed by atoms with Crippen molar-refractivity contribution < 1.29 is 5.21 Å². The Balaban J connectivity index is 3.21. The predicted molar refractivity (Wildman–Crippen MR) is 79.9 cm³/mol. The van der Waals surface area contributed by atoms with Crippen LogP contribution in [0.4, 0.5) is 5.69 Å². The number of thioether (sulfide) groups is 1. The van der Waals surface area contributed by atoms with E-state index in [4.69, 9.17) is 10.9 Å². The first-order valence-electron chi connectivity index (χ1n) is 5.82. The molecule has 3 N–H and O–H groups in total. The number of anilines is 1. The third-order valence-corrected chi connectivity index (χ3v) is 3.86. The third-order valence-electron chi connectivity index (χ3n) is 3.04. The fraction of sp³-hybridized carbons (Fsp3) is 0.462. The zero-order valence-electron chi connectivity index (χ0n) is 11.3. The molecule has 0 heterocycles. The van der Waals surface area contributed by atoms with Crippen LogP contribution in [0, 0.1) is 6.92 Å². The lowest BCUT2D eigenvalue weighted by molar-refractivity contribution is 0.318. The molecule has 1 unspecified atom stereocenters. The van der Waals surface area contributed by atoms with Crippen LogP contribution >= 0.6 is 11.8 Å². The third kappa shape index (κ3) is 3.10. The summed E-state index contributed by atoms with van der Waals surface area (Å²) in [7, 11) is 2.04. The Morgan fingerprint density at radius 1 is 1.56 bits per heavy atom. The fourth-order valence-corrected chi connectivity index (χ4v) is 2.67. The van der Waals surface area contributed by atoms with E-state index in [0.717, 1.165) is 22.6 Å². The summed E-state index contributed by atoms with van der Waals surface area (Å²) in [5.41, 5.74) is 8.66. The van der Waals surface area contributed by atoms with Crippen LogP contribution in [-0.4, -0.2) is 36.1 Å². The molecule has 100 valence electrons. The molecule has 0 aromatic heterocycles. The van der Waals surface area contributed by atoms with Crippen molar-refractivity contribution in [1.82, 2.24) is 0 Å². The van der Waals surface area contributed by atoms with Crippen LogP contribution in [0.5, 0.6) is 0 Å². The monoisotopic (exact) mass is 267 g/mol. The lowest BCUT2D eigenvalue weighted by Gasteiger charge is -2.30. The maximum atomic E-state index is 8.87. The first kappa shape index (κ1) is 14.7. The average molecular weight is 267 g/mol. The number of amidine groups is 1. The first-order chi connectivity index (χ1) is 8.52. The van der Waals surface area contributed by atoms with Crippen molar-refractivity contribution in [3.8, 4) is 0 Å². The van der Waals surface area contributed by atoms with Gasteiger partial charge in [0.25, 0.3) is 0 Å². The summed E-state index contributed by atoms with van der Waals surface area (Å²) in [5, 5.41) is 12.0.